The van der Waals surface area contributed by atoms with Crippen LogP contribution in [0.5, 0.6) is 0 Å². The van der Waals surface area contributed by atoms with Gasteiger partial charge in [-0.05, 0) is 62.2 Å². The smallest absolute Gasteiger partial charge is 0.261 e. The van der Waals surface area contributed by atoms with Crippen LogP contribution in [0.25, 0.3) is 0 Å². The molecule has 3 rings (SSSR count). The summed E-state index contributed by atoms with van der Waals surface area (Å²) in [6, 6.07) is 14.7. The van der Waals surface area contributed by atoms with Crippen LogP contribution in [0.4, 0.5) is 5.69 Å². The average molecular weight is 373 g/mol. The van der Waals surface area contributed by atoms with E-state index in [1.54, 1.807) is 42.5 Å². The molecule has 2 aromatic rings. The van der Waals surface area contributed by atoms with Crippen LogP contribution in [0.3, 0.4) is 0 Å². The monoisotopic (exact) mass is 373 g/mol. The largest absolute Gasteiger partial charge is 0.352 e. The van der Waals surface area contributed by atoms with E-state index in [0.29, 0.717) is 23.7 Å². The number of piperidine rings is 1. The van der Waals surface area contributed by atoms with Crippen molar-refractivity contribution in [1.29, 1.82) is 0 Å². The van der Waals surface area contributed by atoms with E-state index in [2.05, 4.69) is 15.4 Å². The first-order valence-corrected chi connectivity index (χ1v) is 10.2. The Bertz CT molecular complexity index is 847. The van der Waals surface area contributed by atoms with Gasteiger partial charge in [0.2, 0.25) is 0 Å². The molecule has 0 radical (unpaired) electrons. The summed E-state index contributed by atoms with van der Waals surface area (Å²) in [4.78, 5) is 12.5. The van der Waals surface area contributed by atoms with Crippen molar-refractivity contribution < 1.29 is 13.2 Å². The molecule has 1 atom stereocenters. The minimum absolute atomic E-state index is 0.180. The molecule has 0 spiro atoms. The van der Waals surface area contributed by atoms with E-state index < -0.39 is 10.0 Å². The zero-order chi connectivity index (χ0) is 18.4. The highest BCUT2D eigenvalue weighted by Gasteiger charge is 2.16. The van der Waals surface area contributed by atoms with Gasteiger partial charge in [0.15, 0.2) is 0 Å². The number of nitrogens with one attached hydrogen (secondary N) is 3. The minimum Gasteiger partial charge on any atom is -0.352 e. The minimum atomic E-state index is -3.68. The molecule has 3 N–H and O–H groups in total. The summed E-state index contributed by atoms with van der Waals surface area (Å²) in [7, 11) is -3.68. The number of anilines is 1. The highest BCUT2D eigenvalue weighted by Crippen LogP contribution is 2.17. The van der Waals surface area contributed by atoms with Gasteiger partial charge < -0.3 is 10.6 Å². The SMILES string of the molecule is O=C(NCC1CCCNC1)c1cccc(NS(=O)(=O)c2ccccc2)c1. The molecule has 1 saturated heterocycles. The first-order valence-electron chi connectivity index (χ1n) is 8.71. The molecule has 1 amide bonds. The number of hydrogen-bond acceptors (Lipinski definition) is 4. The summed E-state index contributed by atoms with van der Waals surface area (Å²) >= 11 is 0. The van der Waals surface area contributed by atoms with E-state index in [1.807, 2.05) is 0 Å². The number of benzene rings is 2. The van der Waals surface area contributed by atoms with E-state index in [9.17, 15) is 13.2 Å². The molecule has 1 unspecified atom stereocenters. The third-order valence-corrected chi connectivity index (χ3v) is 5.78. The number of rotatable bonds is 6. The molecule has 0 bridgehead atoms. The lowest BCUT2D eigenvalue weighted by atomic mass is 9.99. The van der Waals surface area contributed by atoms with Crippen LogP contribution >= 0.6 is 0 Å². The van der Waals surface area contributed by atoms with Crippen LogP contribution < -0.4 is 15.4 Å². The maximum Gasteiger partial charge on any atom is 0.261 e. The number of sulfonamides is 1. The van der Waals surface area contributed by atoms with Gasteiger partial charge in [-0.3, -0.25) is 9.52 Å². The highest BCUT2D eigenvalue weighted by atomic mass is 32.2. The van der Waals surface area contributed by atoms with Crippen LogP contribution in [-0.2, 0) is 10.0 Å². The van der Waals surface area contributed by atoms with Gasteiger partial charge in [0, 0.05) is 17.8 Å². The fraction of sp³-hybridized carbons (Fsp3) is 0.316. The molecule has 1 aliphatic rings. The molecular weight excluding hydrogens is 350 g/mol. The van der Waals surface area contributed by atoms with Crippen molar-refractivity contribution in [1.82, 2.24) is 10.6 Å². The van der Waals surface area contributed by atoms with E-state index in [0.717, 1.165) is 25.9 Å². The van der Waals surface area contributed by atoms with Crippen molar-refractivity contribution in [3.8, 4) is 0 Å². The van der Waals surface area contributed by atoms with Crippen LogP contribution in [0.1, 0.15) is 23.2 Å². The third-order valence-electron chi connectivity index (χ3n) is 4.38. The van der Waals surface area contributed by atoms with Crippen molar-refractivity contribution >= 4 is 21.6 Å². The first kappa shape index (κ1) is 18.4. The second kappa shape index (κ2) is 8.33. The van der Waals surface area contributed by atoms with E-state index in [1.165, 1.54) is 12.1 Å². The highest BCUT2D eigenvalue weighted by molar-refractivity contribution is 7.92. The molecule has 7 heteroatoms. The standard InChI is InChI=1S/C19H23N3O3S/c23-19(21-14-15-6-5-11-20-13-15)16-7-4-8-17(12-16)22-26(24,25)18-9-2-1-3-10-18/h1-4,7-10,12,15,20,22H,5-6,11,13-14H2,(H,21,23). The van der Waals surface area contributed by atoms with Crippen LogP contribution in [-0.4, -0.2) is 34.0 Å². The Morgan fingerprint density at radius 1 is 1.12 bits per heavy atom. The van der Waals surface area contributed by atoms with Crippen molar-refractivity contribution in [3.63, 3.8) is 0 Å². The molecule has 138 valence electrons. The summed E-state index contributed by atoms with van der Waals surface area (Å²) in [5, 5.41) is 6.26. The lowest BCUT2D eigenvalue weighted by Gasteiger charge is -2.22. The summed E-state index contributed by atoms with van der Waals surface area (Å²) in [5.74, 6) is 0.240. The van der Waals surface area contributed by atoms with E-state index in [4.69, 9.17) is 0 Å². The number of carbonyl (C=O) groups excluding carboxylic acids is 1. The van der Waals surface area contributed by atoms with E-state index in [-0.39, 0.29) is 10.8 Å². The van der Waals surface area contributed by atoms with Gasteiger partial charge in [0.1, 0.15) is 0 Å². The number of carbonyl (C=O) groups is 1. The fourth-order valence-electron chi connectivity index (χ4n) is 2.97. The van der Waals surface area contributed by atoms with Crippen molar-refractivity contribution in [2.24, 2.45) is 5.92 Å². The Morgan fingerprint density at radius 3 is 2.65 bits per heavy atom. The summed E-state index contributed by atoms with van der Waals surface area (Å²) in [6.45, 7) is 2.57. The Morgan fingerprint density at radius 2 is 1.92 bits per heavy atom. The molecule has 6 nitrogen and oxygen atoms in total. The summed E-state index contributed by atoms with van der Waals surface area (Å²) < 4.78 is 27.3. The normalized spacial score (nSPS) is 17.5. The Labute approximate surface area is 154 Å². The Kier molecular flexibility index (Phi) is 5.90. The van der Waals surface area contributed by atoms with Crippen molar-refractivity contribution in [2.75, 3.05) is 24.4 Å². The predicted octanol–water partition coefficient (Wildman–Crippen LogP) is 2.22. The Balaban J connectivity index is 1.65. The number of hydrogen-bond donors (Lipinski definition) is 3. The lowest BCUT2D eigenvalue weighted by molar-refractivity contribution is 0.0945. The number of amides is 1. The van der Waals surface area contributed by atoms with Gasteiger partial charge >= 0.3 is 0 Å². The molecular formula is C19H23N3O3S. The van der Waals surface area contributed by atoms with Gasteiger partial charge in [0.05, 0.1) is 4.90 Å². The summed E-state index contributed by atoms with van der Waals surface area (Å²) in [5.41, 5.74) is 0.794. The van der Waals surface area contributed by atoms with Gasteiger partial charge in [0.25, 0.3) is 15.9 Å². The predicted molar refractivity (Wildman–Crippen MR) is 102 cm³/mol. The Hall–Kier alpha value is -2.38. The van der Waals surface area contributed by atoms with Gasteiger partial charge in [-0.1, -0.05) is 24.3 Å². The maximum absolute atomic E-state index is 12.4. The molecule has 0 aromatic heterocycles. The van der Waals surface area contributed by atoms with Crippen molar-refractivity contribution in [2.45, 2.75) is 17.7 Å². The van der Waals surface area contributed by atoms with Gasteiger partial charge in [-0.15, -0.1) is 0 Å². The van der Waals surface area contributed by atoms with Crippen LogP contribution in [0.2, 0.25) is 0 Å². The molecule has 0 aliphatic carbocycles. The molecule has 2 aromatic carbocycles. The fourth-order valence-corrected chi connectivity index (χ4v) is 4.05. The molecule has 1 fully saturated rings. The second-order valence-corrected chi connectivity index (χ2v) is 8.10. The summed E-state index contributed by atoms with van der Waals surface area (Å²) in [6.07, 6.45) is 2.22. The molecule has 1 heterocycles. The molecule has 1 aliphatic heterocycles. The lowest BCUT2D eigenvalue weighted by Crippen LogP contribution is -2.38. The first-order chi connectivity index (χ1) is 12.5. The quantitative estimate of drug-likeness (QED) is 0.725. The third kappa shape index (κ3) is 4.83. The topological polar surface area (TPSA) is 87.3 Å². The van der Waals surface area contributed by atoms with Crippen molar-refractivity contribution in [3.05, 3.63) is 60.2 Å². The second-order valence-electron chi connectivity index (χ2n) is 6.42. The zero-order valence-corrected chi connectivity index (χ0v) is 15.3. The van der Waals surface area contributed by atoms with Gasteiger partial charge in [-0.2, -0.15) is 0 Å². The van der Waals surface area contributed by atoms with Crippen LogP contribution in [0.15, 0.2) is 59.5 Å². The van der Waals surface area contributed by atoms with Gasteiger partial charge in [-0.25, -0.2) is 8.42 Å². The maximum atomic E-state index is 12.4. The molecule has 26 heavy (non-hydrogen) atoms. The zero-order valence-electron chi connectivity index (χ0n) is 14.4. The van der Waals surface area contributed by atoms with E-state index >= 15 is 0 Å². The van der Waals surface area contributed by atoms with Crippen LogP contribution in [0, 0.1) is 5.92 Å². The average Bonchev–Trinajstić information content (AvgIpc) is 2.67. The molecule has 0 saturated carbocycles.